The molecule has 0 saturated heterocycles. The lowest BCUT2D eigenvalue weighted by atomic mass is 9.99. The molecule has 0 saturated carbocycles. The first-order chi connectivity index (χ1) is 15.8. The largest absolute Gasteiger partial charge is 0.590 e. The minimum absolute atomic E-state index is 0.524. The molecule has 0 N–H and O–H groups in total. The zero-order valence-electron chi connectivity index (χ0n) is 23.2. The summed E-state index contributed by atoms with van der Waals surface area (Å²) in [5, 5.41) is -0.588. The lowest BCUT2D eigenvalue weighted by Crippen LogP contribution is -2.55. The molecule has 4 heteroatoms. The lowest BCUT2D eigenvalue weighted by molar-refractivity contribution is -0.910. The predicted octanol–water partition coefficient (Wildman–Crippen LogP) is 9.28. The van der Waals surface area contributed by atoms with Gasteiger partial charge in [-0.15, -0.1) is 0 Å². The van der Waals surface area contributed by atoms with Gasteiger partial charge in [0.2, 0.25) is 0 Å². The summed E-state index contributed by atoms with van der Waals surface area (Å²) in [6.07, 6.45) is 31.1. The highest BCUT2D eigenvalue weighted by Gasteiger charge is 2.53. The fourth-order valence-electron chi connectivity index (χ4n) is 4.99. The van der Waals surface area contributed by atoms with Crippen molar-refractivity contribution in [1.29, 1.82) is 0 Å². The van der Waals surface area contributed by atoms with Crippen molar-refractivity contribution >= 4 is 8.03 Å². The minimum Gasteiger partial charge on any atom is -0.590 e. The summed E-state index contributed by atoms with van der Waals surface area (Å²) < 4.78 is 12.6. The Balaban J connectivity index is 3.55. The average Bonchev–Trinajstić information content (AvgIpc) is 2.76. The topological polar surface area (TPSA) is 40.1 Å². The fourth-order valence-corrected chi connectivity index (χ4v) is 6.23. The molecule has 0 radical (unpaired) electrons. The van der Waals surface area contributed by atoms with Crippen LogP contribution in [0.3, 0.4) is 0 Å². The Labute approximate surface area is 209 Å². The molecule has 0 spiro atoms. The first-order valence-electron chi connectivity index (χ1n) is 14.4. The summed E-state index contributed by atoms with van der Waals surface area (Å²) in [6.45, 7) is 4.33. The molecule has 0 aromatic heterocycles. The van der Waals surface area contributed by atoms with Crippen LogP contribution in [-0.4, -0.2) is 30.9 Å². The Morgan fingerprint density at radius 3 is 1.36 bits per heavy atom. The Morgan fingerprint density at radius 2 is 1.00 bits per heavy atom. The van der Waals surface area contributed by atoms with E-state index in [1.807, 2.05) is 21.1 Å². The standard InChI is InChI=1S/C29H59NO2P/c1-6-8-9-10-11-12-13-14-15-16-17-18-19-20-21-22-23-24-25-26-28-29(27-7-2,33(31)32)30(3,4)5/h9-10H,6-8,11-28H2,1-5H3/q+1/b10-9-. The molecule has 0 amide bonds. The van der Waals surface area contributed by atoms with E-state index >= 15 is 0 Å². The molecule has 0 fully saturated rings. The number of unbranched alkanes of at least 4 members (excludes halogenated alkanes) is 16. The van der Waals surface area contributed by atoms with E-state index in [-0.39, 0.29) is 0 Å². The van der Waals surface area contributed by atoms with Gasteiger partial charge >= 0.3 is 8.03 Å². The van der Waals surface area contributed by atoms with E-state index in [1.54, 1.807) is 0 Å². The molecule has 0 heterocycles. The van der Waals surface area contributed by atoms with E-state index in [9.17, 15) is 9.46 Å². The molecule has 3 nitrogen and oxygen atoms in total. The van der Waals surface area contributed by atoms with E-state index in [1.165, 1.54) is 109 Å². The highest BCUT2D eigenvalue weighted by atomic mass is 31.1. The number of hydrogen-bond donors (Lipinski definition) is 0. The number of rotatable bonds is 24. The molecule has 0 bridgehead atoms. The lowest BCUT2D eigenvalue weighted by Gasteiger charge is -2.39. The van der Waals surface area contributed by atoms with Crippen LogP contribution in [0.4, 0.5) is 0 Å². The van der Waals surface area contributed by atoms with Crippen molar-refractivity contribution in [2.24, 2.45) is 0 Å². The maximum Gasteiger partial charge on any atom is 0.376 e. The van der Waals surface area contributed by atoms with Gasteiger partial charge in [-0.25, -0.2) is 0 Å². The number of allylic oxidation sites excluding steroid dienone is 2. The fraction of sp³-hybridized carbons (Fsp3) is 0.931. The first-order valence-corrected chi connectivity index (χ1v) is 15.6. The Morgan fingerprint density at radius 1 is 0.606 bits per heavy atom. The van der Waals surface area contributed by atoms with Crippen LogP contribution in [0.15, 0.2) is 12.2 Å². The second kappa shape index (κ2) is 21.1. The van der Waals surface area contributed by atoms with Crippen molar-refractivity contribution in [2.75, 3.05) is 21.1 Å². The number of nitrogens with zero attached hydrogens (tertiary/aromatic N) is 1. The van der Waals surface area contributed by atoms with Crippen molar-refractivity contribution in [1.82, 2.24) is 0 Å². The molecule has 2 unspecified atom stereocenters. The van der Waals surface area contributed by atoms with Crippen LogP contribution in [0.5, 0.6) is 0 Å². The van der Waals surface area contributed by atoms with Gasteiger partial charge < -0.3 is 4.89 Å². The molecule has 0 aliphatic rings. The first kappa shape index (κ1) is 32.8. The van der Waals surface area contributed by atoms with Gasteiger partial charge in [-0.05, 0) is 32.1 Å². The second-order valence-corrected chi connectivity index (χ2v) is 12.5. The molecule has 33 heavy (non-hydrogen) atoms. The highest BCUT2D eigenvalue weighted by Crippen LogP contribution is 2.45. The summed E-state index contributed by atoms with van der Waals surface area (Å²) in [4.78, 5) is 12.1. The molecule has 0 aliphatic heterocycles. The van der Waals surface area contributed by atoms with Gasteiger partial charge in [0.25, 0.3) is 5.28 Å². The summed E-state index contributed by atoms with van der Waals surface area (Å²) in [7, 11) is 3.69. The maximum atomic E-state index is 12.1. The van der Waals surface area contributed by atoms with Gasteiger partial charge in [-0.1, -0.05) is 120 Å². The third-order valence-corrected chi connectivity index (χ3v) is 9.04. The summed E-state index contributed by atoms with van der Waals surface area (Å²) in [5.74, 6) is 0. The van der Waals surface area contributed by atoms with Gasteiger partial charge in [0.15, 0.2) is 0 Å². The molecular weight excluding hydrogens is 425 g/mol. The molecule has 196 valence electrons. The normalized spacial score (nSPS) is 14.7. The van der Waals surface area contributed by atoms with Crippen LogP contribution in [0.1, 0.15) is 149 Å². The van der Waals surface area contributed by atoms with E-state index < -0.39 is 13.3 Å². The van der Waals surface area contributed by atoms with Gasteiger partial charge in [0, 0.05) is 12.8 Å². The van der Waals surface area contributed by atoms with Gasteiger partial charge in [0.05, 0.1) is 21.1 Å². The molecule has 0 aromatic carbocycles. The van der Waals surface area contributed by atoms with Crippen LogP contribution < -0.4 is 4.89 Å². The molecule has 0 aromatic rings. The Kier molecular flexibility index (Phi) is 20.9. The van der Waals surface area contributed by atoms with Crippen molar-refractivity contribution in [3.8, 4) is 0 Å². The van der Waals surface area contributed by atoms with E-state index in [4.69, 9.17) is 0 Å². The predicted molar refractivity (Wildman–Crippen MR) is 146 cm³/mol. The van der Waals surface area contributed by atoms with Crippen LogP contribution in [0.25, 0.3) is 0 Å². The summed E-state index contributed by atoms with van der Waals surface area (Å²) in [6, 6.07) is 0. The van der Waals surface area contributed by atoms with Crippen LogP contribution in [0.2, 0.25) is 0 Å². The van der Waals surface area contributed by atoms with E-state index in [0.29, 0.717) is 4.48 Å². The quantitative estimate of drug-likeness (QED) is 0.0592. The Hall–Kier alpha value is -0.240. The highest BCUT2D eigenvalue weighted by molar-refractivity contribution is 7.38. The van der Waals surface area contributed by atoms with Crippen LogP contribution >= 0.6 is 8.03 Å². The Bertz CT molecular complexity index is 487. The maximum absolute atomic E-state index is 12.1. The van der Waals surface area contributed by atoms with Crippen molar-refractivity contribution in [3.63, 3.8) is 0 Å². The minimum atomic E-state index is -2.42. The molecule has 0 rings (SSSR count). The van der Waals surface area contributed by atoms with Crippen molar-refractivity contribution < 1.29 is 13.9 Å². The zero-order valence-corrected chi connectivity index (χ0v) is 24.1. The van der Waals surface area contributed by atoms with Crippen LogP contribution in [-0.2, 0) is 4.57 Å². The van der Waals surface area contributed by atoms with Gasteiger partial charge in [-0.2, -0.15) is 0 Å². The number of quaternary nitrogens is 1. The van der Waals surface area contributed by atoms with Gasteiger partial charge in [-0.3, -0.25) is 4.48 Å². The van der Waals surface area contributed by atoms with E-state index in [0.717, 1.165) is 25.7 Å². The summed E-state index contributed by atoms with van der Waals surface area (Å²) in [5.41, 5.74) is 0. The van der Waals surface area contributed by atoms with E-state index in [2.05, 4.69) is 26.0 Å². The third-order valence-electron chi connectivity index (χ3n) is 7.31. The van der Waals surface area contributed by atoms with Crippen molar-refractivity contribution in [2.45, 2.75) is 154 Å². The monoisotopic (exact) mass is 484 g/mol. The molecule has 2 atom stereocenters. The second-order valence-electron chi connectivity index (χ2n) is 11.1. The molecular formula is C29H59NO2P+. The summed E-state index contributed by atoms with van der Waals surface area (Å²) >= 11 is 0. The van der Waals surface area contributed by atoms with Gasteiger partial charge in [0.1, 0.15) is 0 Å². The average molecular weight is 485 g/mol. The van der Waals surface area contributed by atoms with Crippen LogP contribution in [0, 0.1) is 0 Å². The number of hydrogen-bond acceptors (Lipinski definition) is 2. The zero-order chi connectivity index (χ0) is 24.8. The molecule has 0 aliphatic carbocycles. The SMILES string of the molecule is CCC/C=C\CCCCCCCCCCCCCCCCCC(CCC)([P+](=O)[O-])[N+](C)(C)C. The third kappa shape index (κ3) is 16.1. The smallest absolute Gasteiger partial charge is 0.376 e. The van der Waals surface area contributed by atoms with Crippen molar-refractivity contribution in [3.05, 3.63) is 12.2 Å².